The van der Waals surface area contributed by atoms with Gasteiger partial charge in [-0.1, -0.05) is 46.4 Å². The molecule has 1 saturated heterocycles. The van der Waals surface area contributed by atoms with Crippen LogP contribution in [0.5, 0.6) is 0 Å². The number of rotatable bonds is 5. The van der Waals surface area contributed by atoms with Crippen LogP contribution >= 0.6 is 23.1 Å². The van der Waals surface area contributed by atoms with Crippen LogP contribution in [0.4, 0.5) is 13.2 Å². The average Bonchev–Trinajstić information content (AvgIpc) is 3.12. The molecule has 2 atom stereocenters. The molecule has 1 aromatic carbocycles. The van der Waals surface area contributed by atoms with Crippen LogP contribution in [-0.2, 0) is 13.1 Å². The summed E-state index contributed by atoms with van der Waals surface area (Å²) in [6.45, 7) is 1.00. The zero-order valence-electron chi connectivity index (χ0n) is 12.6. The number of likely N-dealkylation sites (tertiary alicyclic amines) is 1. The van der Waals surface area contributed by atoms with Crippen LogP contribution in [0.15, 0.2) is 30.3 Å². The molecule has 1 N–H and O–H groups in total. The highest BCUT2D eigenvalue weighted by Gasteiger charge is 2.49. The molecule has 130 valence electrons. The highest BCUT2D eigenvalue weighted by molar-refractivity contribution is 7.10. The third-order valence-electron chi connectivity index (χ3n) is 4.11. The molecular formula is C15H16ClF3N4S. The fraction of sp³-hybridized carbons (Fsp3) is 0.467. The predicted octanol–water partition coefficient (Wildman–Crippen LogP) is 3.34. The van der Waals surface area contributed by atoms with Gasteiger partial charge in [-0.05, 0) is 5.56 Å². The van der Waals surface area contributed by atoms with Crippen LogP contribution in [-0.4, -0.2) is 39.8 Å². The molecule has 24 heavy (non-hydrogen) atoms. The maximum atomic E-state index is 13.3. The first-order valence-electron chi connectivity index (χ1n) is 7.46. The lowest BCUT2D eigenvalue weighted by molar-refractivity contribution is -0.175. The van der Waals surface area contributed by atoms with Crippen molar-refractivity contribution in [1.29, 1.82) is 0 Å². The van der Waals surface area contributed by atoms with E-state index in [-0.39, 0.29) is 13.1 Å². The van der Waals surface area contributed by atoms with Gasteiger partial charge in [-0.3, -0.25) is 4.90 Å². The summed E-state index contributed by atoms with van der Waals surface area (Å²) in [4.78, 5) is 1.83. The largest absolute Gasteiger partial charge is 0.394 e. The van der Waals surface area contributed by atoms with Crippen molar-refractivity contribution in [1.82, 2.24) is 19.8 Å². The predicted molar refractivity (Wildman–Crippen MR) is 86.8 cm³/mol. The van der Waals surface area contributed by atoms with E-state index < -0.39 is 18.1 Å². The van der Waals surface area contributed by atoms with Gasteiger partial charge in [-0.2, -0.15) is 13.2 Å². The van der Waals surface area contributed by atoms with Crippen molar-refractivity contribution in [3.05, 3.63) is 45.9 Å². The third-order valence-corrected chi connectivity index (χ3v) is 5.09. The van der Waals surface area contributed by atoms with Gasteiger partial charge in [0.25, 0.3) is 0 Å². The molecule has 4 nitrogen and oxygen atoms in total. The lowest BCUT2D eigenvalue weighted by atomic mass is 10.0. The maximum Gasteiger partial charge on any atom is 0.394 e. The van der Waals surface area contributed by atoms with E-state index in [2.05, 4.69) is 14.9 Å². The fourth-order valence-electron chi connectivity index (χ4n) is 2.92. The Kier molecular flexibility index (Phi) is 5.39. The topological polar surface area (TPSA) is 41.0 Å². The summed E-state index contributed by atoms with van der Waals surface area (Å²) >= 11 is 6.94. The number of nitrogens with zero attached hydrogens (tertiary/aromatic N) is 3. The Bertz CT molecular complexity index is 664. The van der Waals surface area contributed by atoms with Crippen molar-refractivity contribution in [3.63, 3.8) is 0 Å². The zero-order valence-corrected chi connectivity index (χ0v) is 14.2. The van der Waals surface area contributed by atoms with Crippen LogP contribution in [0.3, 0.4) is 0 Å². The number of benzene rings is 1. The minimum atomic E-state index is -4.24. The lowest BCUT2D eigenvalue weighted by Crippen LogP contribution is -2.42. The van der Waals surface area contributed by atoms with Crippen LogP contribution in [0.25, 0.3) is 0 Å². The van der Waals surface area contributed by atoms with Gasteiger partial charge < -0.3 is 5.32 Å². The molecule has 1 aliphatic rings. The minimum Gasteiger partial charge on any atom is -0.306 e. The van der Waals surface area contributed by atoms with Crippen LogP contribution in [0.1, 0.15) is 11.3 Å². The second kappa shape index (κ2) is 7.35. The molecule has 1 aliphatic heterocycles. The number of nitrogens with one attached hydrogen (secondary N) is 1. The molecule has 0 unspecified atom stereocenters. The molecule has 0 amide bonds. The Morgan fingerprint density at radius 1 is 1.25 bits per heavy atom. The molecule has 0 aliphatic carbocycles. The van der Waals surface area contributed by atoms with Gasteiger partial charge in [0.15, 0.2) is 0 Å². The first-order valence-corrected chi connectivity index (χ1v) is 8.61. The van der Waals surface area contributed by atoms with Crippen LogP contribution in [0.2, 0.25) is 4.34 Å². The SMILES string of the molecule is FC(F)(F)[C@@H]1CN(Cc2ccccc2)C[C@H]1NCc1nnsc1Cl. The fourth-order valence-corrected chi connectivity index (χ4v) is 3.55. The van der Waals surface area contributed by atoms with E-state index in [4.69, 9.17) is 11.6 Å². The smallest absolute Gasteiger partial charge is 0.306 e. The summed E-state index contributed by atoms with van der Waals surface area (Å²) in [6.07, 6.45) is -4.24. The number of alkyl halides is 3. The van der Waals surface area contributed by atoms with Gasteiger partial charge in [0.05, 0.1) is 5.92 Å². The maximum absolute atomic E-state index is 13.3. The Hall–Kier alpha value is -1.22. The number of hydrogen-bond acceptors (Lipinski definition) is 5. The number of halogens is 4. The normalized spacial score (nSPS) is 22.2. The monoisotopic (exact) mass is 376 g/mol. The van der Waals surface area contributed by atoms with Crippen LogP contribution in [0, 0.1) is 5.92 Å². The summed E-state index contributed by atoms with van der Waals surface area (Å²) in [7, 11) is 0. The van der Waals surface area contributed by atoms with Gasteiger partial charge in [-0.15, -0.1) is 5.10 Å². The molecule has 3 rings (SSSR count). The Morgan fingerprint density at radius 2 is 2.00 bits per heavy atom. The van der Waals surface area contributed by atoms with Crippen molar-refractivity contribution in [2.24, 2.45) is 5.92 Å². The molecule has 0 spiro atoms. The average molecular weight is 377 g/mol. The summed E-state index contributed by atoms with van der Waals surface area (Å²) in [5.74, 6) is -1.41. The van der Waals surface area contributed by atoms with E-state index in [1.807, 2.05) is 35.2 Å². The first-order chi connectivity index (χ1) is 11.4. The van der Waals surface area contributed by atoms with Gasteiger partial charge in [-0.25, -0.2) is 0 Å². The molecule has 1 fully saturated rings. The van der Waals surface area contributed by atoms with E-state index in [0.29, 0.717) is 23.1 Å². The van der Waals surface area contributed by atoms with Gasteiger partial charge >= 0.3 is 6.18 Å². The van der Waals surface area contributed by atoms with E-state index in [1.165, 1.54) is 0 Å². The van der Waals surface area contributed by atoms with E-state index in [0.717, 1.165) is 17.1 Å². The van der Waals surface area contributed by atoms with Crippen LogP contribution < -0.4 is 5.32 Å². The molecule has 2 aromatic rings. The minimum absolute atomic E-state index is 0.0148. The second-order valence-corrected chi connectivity index (χ2v) is 7.16. The molecule has 0 bridgehead atoms. The summed E-state index contributed by atoms with van der Waals surface area (Å²) in [6, 6.07) is 8.82. The summed E-state index contributed by atoms with van der Waals surface area (Å²) in [5.41, 5.74) is 1.50. The van der Waals surface area contributed by atoms with Crippen molar-refractivity contribution < 1.29 is 13.2 Å². The standard InChI is InChI=1S/C15H16ClF3N4S/c16-14-12(21-22-24-14)6-20-13-9-23(8-11(13)15(17,18)19)7-10-4-2-1-3-5-10/h1-5,11,13,20H,6-9H2/t11-,13-/m1/s1. The number of hydrogen-bond donors (Lipinski definition) is 1. The highest BCUT2D eigenvalue weighted by atomic mass is 35.5. The molecule has 1 aromatic heterocycles. The quantitative estimate of drug-likeness (QED) is 0.869. The third kappa shape index (κ3) is 4.24. The Balaban J connectivity index is 1.65. The molecule has 0 radical (unpaired) electrons. The summed E-state index contributed by atoms with van der Waals surface area (Å²) in [5, 5.41) is 6.79. The Morgan fingerprint density at radius 3 is 2.62 bits per heavy atom. The Labute approximate surface area is 146 Å². The van der Waals surface area contributed by atoms with Crippen molar-refractivity contribution in [2.45, 2.75) is 25.3 Å². The first kappa shape index (κ1) is 17.6. The summed E-state index contributed by atoms with van der Waals surface area (Å²) < 4.78 is 44.1. The van der Waals surface area contributed by atoms with E-state index in [1.54, 1.807) is 0 Å². The second-order valence-electron chi connectivity index (χ2n) is 5.81. The van der Waals surface area contributed by atoms with E-state index in [9.17, 15) is 13.2 Å². The van der Waals surface area contributed by atoms with E-state index >= 15 is 0 Å². The molecule has 9 heteroatoms. The molecule has 0 saturated carbocycles. The van der Waals surface area contributed by atoms with Gasteiger partial charge in [0.2, 0.25) is 0 Å². The highest BCUT2D eigenvalue weighted by Crippen LogP contribution is 2.34. The van der Waals surface area contributed by atoms with Crippen molar-refractivity contribution in [2.75, 3.05) is 13.1 Å². The van der Waals surface area contributed by atoms with Crippen molar-refractivity contribution in [3.8, 4) is 0 Å². The van der Waals surface area contributed by atoms with Gasteiger partial charge in [0, 0.05) is 43.8 Å². The molecule has 2 heterocycles. The van der Waals surface area contributed by atoms with Crippen molar-refractivity contribution >= 4 is 23.1 Å². The molecular weight excluding hydrogens is 361 g/mol. The number of aromatic nitrogens is 2. The zero-order chi connectivity index (χ0) is 17.2. The lowest BCUT2D eigenvalue weighted by Gasteiger charge is -2.21. The van der Waals surface area contributed by atoms with Gasteiger partial charge in [0.1, 0.15) is 10.0 Å².